The second kappa shape index (κ2) is 5.86. The molecule has 4 aromatic rings. The third kappa shape index (κ3) is 2.45. The topological polar surface area (TPSA) is 47.0 Å². The van der Waals surface area contributed by atoms with Crippen LogP contribution in [-0.4, -0.2) is 4.92 Å². The first-order valence-electron chi connectivity index (χ1n) is 7.48. The monoisotopic (exact) mass is 333 g/mol. The van der Waals surface area contributed by atoms with E-state index in [2.05, 4.69) is 16.1 Å². The molecule has 0 radical (unpaired) electrons. The average molecular weight is 333 g/mol. The van der Waals surface area contributed by atoms with Gasteiger partial charge in [0, 0.05) is 29.8 Å². The SMILES string of the molecule is O=[N+]([O-])c1ccc2c(-c3ccccc3)[n+](-c3ccccc3)sc2c1. The Labute approximate surface area is 142 Å². The molecule has 0 bridgehead atoms. The van der Waals surface area contributed by atoms with Crippen LogP contribution in [0.5, 0.6) is 0 Å². The summed E-state index contributed by atoms with van der Waals surface area (Å²) in [6, 6.07) is 25.2. The highest BCUT2D eigenvalue weighted by Gasteiger charge is 2.25. The van der Waals surface area contributed by atoms with Crippen molar-refractivity contribution in [3.8, 4) is 16.9 Å². The van der Waals surface area contributed by atoms with Crippen molar-refractivity contribution in [2.75, 3.05) is 0 Å². The summed E-state index contributed by atoms with van der Waals surface area (Å²) in [4.78, 5) is 10.7. The predicted octanol–water partition coefficient (Wildman–Crippen LogP) is 4.75. The number of para-hydroxylation sites is 1. The van der Waals surface area contributed by atoms with Gasteiger partial charge in [-0.2, -0.15) is 0 Å². The molecule has 4 rings (SSSR count). The van der Waals surface area contributed by atoms with E-state index in [1.807, 2.05) is 54.6 Å². The quantitative estimate of drug-likeness (QED) is 0.308. The van der Waals surface area contributed by atoms with Gasteiger partial charge in [-0.15, -0.1) is 0 Å². The summed E-state index contributed by atoms with van der Waals surface area (Å²) in [5.41, 5.74) is 3.29. The first-order chi connectivity index (χ1) is 11.7. The van der Waals surface area contributed by atoms with Crippen LogP contribution in [0.4, 0.5) is 5.69 Å². The van der Waals surface area contributed by atoms with E-state index < -0.39 is 0 Å². The van der Waals surface area contributed by atoms with E-state index in [1.165, 1.54) is 11.5 Å². The van der Waals surface area contributed by atoms with Gasteiger partial charge in [0.05, 0.1) is 10.3 Å². The standard InChI is InChI=1S/C19H13N2O2S/c22-21(23)16-11-12-17-18(13-16)24-20(15-9-5-2-6-10-15)19(17)14-7-3-1-4-8-14/h1-13H/q+1. The van der Waals surface area contributed by atoms with E-state index in [-0.39, 0.29) is 10.6 Å². The van der Waals surface area contributed by atoms with Crippen LogP contribution >= 0.6 is 11.5 Å². The zero-order chi connectivity index (χ0) is 16.5. The molecule has 1 heterocycles. The minimum atomic E-state index is -0.353. The van der Waals surface area contributed by atoms with E-state index in [9.17, 15) is 10.1 Å². The number of nitrogens with zero attached hydrogens (tertiary/aromatic N) is 2. The normalized spacial score (nSPS) is 10.8. The fourth-order valence-corrected chi connectivity index (χ4v) is 3.92. The number of rotatable bonds is 3. The molecule has 0 aliphatic carbocycles. The van der Waals surface area contributed by atoms with Crippen LogP contribution in [-0.2, 0) is 0 Å². The first-order valence-corrected chi connectivity index (χ1v) is 8.26. The molecule has 3 aromatic carbocycles. The van der Waals surface area contributed by atoms with Gasteiger partial charge in [-0.25, -0.2) is 0 Å². The van der Waals surface area contributed by atoms with Gasteiger partial charge in [-0.05, 0) is 18.2 Å². The molecule has 1 aromatic heterocycles. The summed E-state index contributed by atoms with van der Waals surface area (Å²) in [5.74, 6) is 0. The van der Waals surface area contributed by atoms with E-state index in [1.54, 1.807) is 12.1 Å². The van der Waals surface area contributed by atoms with Crippen LogP contribution in [0.25, 0.3) is 27.0 Å². The molecule has 0 aliphatic heterocycles. The molecule has 0 amide bonds. The Morgan fingerprint density at radius 2 is 1.54 bits per heavy atom. The van der Waals surface area contributed by atoms with E-state index >= 15 is 0 Å². The summed E-state index contributed by atoms with van der Waals surface area (Å²) in [7, 11) is 0. The van der Waals surface area contributed by atoms with Crippen LogP contribution in [0.2, 0.25) is 0 Å². The molecule has 0 N–H and O–H groups in total. The zero-order valence-corrected chi connectivity index (χ0v) is 13.4. The number of benzene rings is 3. The number of nitro groups is 1. The highest BCUT2D eigenvalue weighted by Crippen LogP contribution is 2.33. The van der Waals surface area contributed by atoms with Crippen LogP contribution in [0.1, 0.15) is 0 Å². The molecule has 0 spiro atoms. The Morgan fingerprint density at radius 3 is 2.21 bits per heavy atom. The Bertz CT molecular complexity index is 1030. The molecule has 0 saturated carbocycles. The molecule has 116 valence electrons. The zero-order valence-electron chi connectivity index (χ0n) is 12.6. The van der Waals surface area contributed by atoms with Crippen LogP contribution in [0.15, 0.2) is 78.9 Å². The van der Waals surface area contributed by atoms with E-state index in [4.69, 9.17) is 0 Å². The van der Waals surface area contributed by atoms with Crippen molar-refractivity contribution < 1.29 is 8.88 Å². The van der Waals surface area contributed by atoms with Gasteiger partial charge in [0.1, 0.15) is 16.2 Å². The summed E-state index contributed by atoms with van der Waals surface area (Å²) < 4.78 is 3.02. The highest BCUT2D eigenvalue weighted by molar-refractivity contribution is 7.10. The fraction of sp³-hybridized carbons (Fsp3) is 0. The molecule has 0 atom stereocenters. The molecule has 0 fully saturated rings. The summed E-state index contributed by atoms with van der Waals surface area (Å²) in [6.07, 6.45) is 0. The number of hydrogen-bond acceptors (Lipinski definition) is 3. The van der Waals surface area contributed by atoms with Gasteiger partial charge >= 0.3 is 0 Å². The Morgan fingerprint density at radius 1 is 0.875 bits per heavy atom. The Hall–Kier alpha value is -3.05. The van der Waals surface area contributed by atoms with Gasteiger partial charge in [-0.3, -0.25) is 10.1 Å². The number of fused-ring (bicyclic) bond motifs is 1. The molecule has 4 nitrogen and oxygen atoms in total. The van der Waals surface area contributed by atoms with Crippen molar-refractivity contribution in [2.45, 2.75) is 0 Å². The lowest BCUT2D eigenvalue weighted by atomic mass is 10.1. The first kappa shape index (κ1) is 14.5. The minimum absolute atomic E-state index is 0.114. The van der Waals surface area contributed by atoms with Gasteiger partial charge in [-0.1, -0.05) is 40.4 Å². The molecular formula is C19H13N2O2S+. The highest BCUT2D eigenvalue weighted by atomic mass is 32.1. The Kier molecular flexibility index (Phi) is 3.55. The third-order valence-electron chi connectivity index (χ3n) is 3.86. The number of aromatic nitrogens is 1. The lowest BCUT2D eigenvalue weighted by Gasteiger charge is -1.98. The fourth-order valence-electron chi connectivity index (χ4n) is 2.76. The summed E-state index contributed by atoms with van der Waals surface area (Å²) in [6.45, 7) is 0. The van der Waals surface area contributed by atoms with Gasteiger partial charge < -0.3 is 0 Å². The number of hydrogen-bond donors (Lipinski definition) is 0. The predicted molar refractivity (Wildman–Crippen MR) is 95.4 cm³/mol. The smallest absolute Gasteiger partial charge is 0.258 e. The van der Waals surface area contributed by atoms with Gasteiger partial charge in [0.2, 0.25) is 11.4 Å². The summed E-state index contributed by atoms with van der Waals surface area (Å²) in [5, 5.41) is 12.1. The van der Waals surface area contributed by atoms with Crippen LogP contribution < -0.4 is 3.96 Å². The summed E-state index contributed by atoms with van der Waals surface area (Å²) >= 11 is 1.52. The molecule has 0 aliphatic rings. The largest absolute Gasteiger partial charge is 0.271 e. The third-order valence-corrected chi connectivity index (χ3v) is 4.97. The van der Waals surface area contributed by atoms with Crippen molar-refractivity contribution in [3.63, 3.8) is 0 Å². The number of nitro benzene ring substituents is 1. The lowest BCUT2D eigenvalue weighted by molar-refractivity contribution is -0.506. The average Bonchev–Trinajstić information content (AvgIpc) is 3.01. The lowest BCUT2D eigenvalue weighted by Crippen LogP contribution is -2.27. The second-order valence-electron chi connectivity index (χ2n) is 5.37. The number of non-ortho nitro benzene ring substituents is 1. The molecule has 0 saturated heterocycles. The van der Waals surface area contributed by atoms with Crippen LogP contribution in [0, 0.1) is 10.1 Å². The maximum Gasteiger partial charge on any atom is 0.271 e. The maximum absolute atomic E-state index is 11.1. The molecule has 0 unspecified atom stereocenters. The van der Waals surface area contributed by atoms with Gasteiger partial charge in [0.15, 0.2) is 0 Å². The van der Waals surface area contributed by atoms with E-state index in [0.717, 1.165) is 27.0 Å². The van der Waals surface area contributed by atoms with Crippen molar-refractivity contribution in [1.29, 1.82) is 0 Å². The maximum atomic E-state index is 11.1. The Balaban J connectivity index is 2.04. The van der Waals surface area contributed by atoms with Crippen molar-refractivity contribution >= 4 is 27.3 Å². The molecular weight excluding hydrogens is 320 g/mol. The minimum Gasteiger partial charge on any atom is -0.258 e. The van der Waals surface area contributed by atoms with Crippen molar-refractivity contribution in [1.82, 2.24) is 0 Å². The molecule has 5 heteroatoms. The van der Waals surface area contributed by atoms with Crippen molar-refractivity contribution in [3.05, 3.63) is 89.0 Å². The second-order valence-corrected chi connectivity index (χ2v) is 6.36. The van der Waals surface area contributed by atoms with Crippen LogP contribution in [0.3, 0.4) is 0 Å². The van der Waals surface area contributed by atoms with E-state index in [0.29, 0.717) is 0 Å². The molecule has 24 heavy (non-hydrogen) atoms. The van der Waals surface area contributed by atoms with Crippen molar-refractivity contribution in [2.24, 2.45) is 0 Å². The van der Waals surface area contributed by atoms with Gasteiger partial charge in [0.25, 0.3) is 5.69 Å².